The molecule has 0 aromatic rings. The van der Waals surface area contributed by atoms with Crippen LogP contribution in [0.1, 0.15) is 103 Å². The highest BCUT2D eigenvalue weighted by Crippen LogP contribution is 2.58. The molecule has 0 aliphatic heterocycles. The summed E-state index contributed by atoms with van der Waals surface area (Å²) in [5.74, 6) is 2.13. The van der Waals surface area contributed by atoms with Crippen molar-refractivity contribution in [2.75, 3.05) is 0 Å². The zero-order valence-corrected chi connectivity index (χ0v) is 15.8. The molecule has 0 bridgehead atoms. The standard InChI is InChI=1S/C22H38O2/c1-2-6-17-13-15-22(16-14-17,19-7-4-3-5-8-19)20-11-9-18(10-12-20)21(23)24/h17-20H,2-16H2,1H3,(H,23,24). The summed E-state index contributed by atoms with van der Waals surface area (Å²) in [6.07, 6.45) is 20.0. The Bertz CT molecular complexity index is 394. The fraction of sp³-hybridized carbons (Fsp3) is 0.955. The van der Waals surface area contributed by atoms with Crippen molar-refractivity contribution in [3.8, 4) is 0 Å². The van der Waals surface area contributed by atoms with Crippen LogP contribution in [0.4, 0.5) is 0 Å². The van der Waals surface area contributed by atoms with Gasteiger partial charge in [-0.1, -0.05) is 39.0 Å². The van der Waals surface area contributed by atoms with Gasteiger partial charge in [0.2, 0.25) is 0 Å². The average molecular weight is 335 g/mol. The first-order chi connectivity index (χ1) is 11.7. The number of aliphatic carboxylic acids is 1. The molecular weight excluding hydrogens is 296 g/mol. The van der Waals surface area contributed by atoms with Crippen LogP contribution in [-0.2, 0) is 4.79 Å². The van der Waals surface area contributed by atoms with Crippen LogP contribution in [0.5, 0.6) is 0 Å². The number of hydrogen-bond acceptors (Lipinski definition) is 1. The van der Waals surface area contributed by atoms with Crippen molar-refractivity contribution < 1.29 is 9.90 Å². The molecule has 3 saturated carbocycles. The first kappa shape index (κ1) is 18.3. The number of rotatable bonds is 5. The van der Waals surface area contributed by atoms with Crippen molar-refractivity contribution in [1.29, 1.82) is 0 Å². The van der Waals surface area contributed by atoms with E-state index in [1.807, 2.05) is 0 Å². The van der Waals surface area contributed by atoms with E-state index in [4.69, 9.17) is 0 Å². The van der Waals surface area contributed by atoms with Crippen LogP contribution in [0.3, 0.4) is 0 Å². The fourth-order valence-corrected chi connectivity index (χ4v) is 6.65. The van der Waals surface area contributed by atoms with Crippen molar-refractivity contribution in [3.05, 3.63) is 0 Å². The van der Waals surface area contributed by atoms with Crippen molar-refractivity contribution >= 4 is 5.97 Å². The Morgan fingerprint density at radius 3 is 2.00 bits per heavy atom. The lowest BCUT2D eigenvalue weighted by Crippen LogP contribution is -2.44. The van der Waals surface area contributed by atoms with Gasteiger partial charge < -0.3 is 5.11 Å². The molecule has 3 aliphatic carbocycles. The average Bonchev–Trinajstić information content (AvgIpc) is 2.64. The molecule has 0 saturated heterocycles. The Balaban J connectivity index is 1.70. The summed E-state index contributed by atoms with van der Waals surface area (Å²) in [5.41, 5.74) is 0.578. The van der Waals surface area contributed by atoms with E-state index >= 15 is 0 Å². The minimum absolute atomic E-state index is 0.0545. The van der Waals surface area contributed by atoms with Gasteiger partial charge in [0.05, 0.1) is 5.92 Å². The van der Waals surface area contributed by atoms with Crippen LogP contribution in [-0.4, -0.2) is 11.1 Å². The second-order valence-corrected chi connectivity index (χ2v) is 9.19. The molecule has 3 fully saturated rings. The Morgan fingerprint density at radius 2 is 1.46 bits per heavy atom. The molecule has 0 atom stereocenters. The van der Waals surface area contributed by atoms with Gasteiger partial charge in [-0.25, -0.2) is 0 Å². The Kier molecular flexibility index (Phi) is 6.27. The topological polar surface area (TPSA) is 37.3 Å². The highest BCUT2D eigenvalue weighted by molar-refractivity contribution is 5.70. The van der Waals surface area contributed by atoms with Gasteiger partial charge in [0, 0.05) is 0 Å². The van der Waals surface area contributed by atoms with E-state index in [0.717, 1.165) is 30.6 Å². The van der Waals surface area contributed by atoms with Gasteiger partial charge in [-0.3, -0.25) is 4.79 Å². The monoisotopic (exact) mass is 334 g/mol. The van der Waals surface area contributed by atoms with Crippen molar-refractivity contribution in [3.63, 3.8) is 0 Å². The molecule has 3 aliphatic rings. The largest absolute Gasteiger partial charge is 0.481 e. The van der Waals surface area contributed by atoms with Crippen molar-refractivity contribution in [2.45, 2.75) is 103 Å². The second-order valence-electron chi connectivity index (χ2n) is 9.19. The van der Waals surface area contributed by atoms with Gasteiger partial charge in [0.1, 0.15) is 0 Å². The minimum atomic E-state index is -0.549. The normalized spacial score (nSPS) is 38.8. The van der Waals surface area contributed by atoms with Gasteiger partial charge in [0.25, 0.3) is 0 Å². The number of hydrogen-bond donors (Lipinski definition) is 1. The summed E-state index contributed by atoms with van der Waals surface area (Å²) in [7, 11) is 0. The van der Waals surface area contributed by atoms with Gasteiger partial charge in [-0.2, -0.15) is 0 Å². The minimum Gasteiger partial charge on any atom is -0.481 e. The van der Waals surface area contributed by atoms with Crippen LogP contribution in [0, 0.1) is 29.1 Å². The first-order valence-corrected chi connectivity index (χ1v) is 10.9. The van der Waals surface area contributed by atoms with Crippen LogP contribution in [0.25, 0.3) is 0 Å². The maximum Gasteiger partial charge on any atom is 0.306 e. The zero-order chi connectivity index (χ0) is 17.0. The lowest BCUT2D eigenvalue weighted by atomic mass is 9.52. The van der Waals surface area contributed by atoms with Crippen molar-refractivity contribution in [2.24, 2.45) is 29.1 Å². The number of carbonyl (C=O) groups is 1. The molecule has 0 amide bonds. The Hall–Kier alpha value is -0.530. The van der Waals surface area contributed by atoms with Crippen LogP contribution >= 0.6 is 0 Å². The Morgan fingerprint density at radius 1 is 0.875 bits per heavy atom. The van der Waals surface area contributed by atoms with Crippen LogP contribution in [0.15, 0.2) is 0 Å². The highest BCUT2D eigenvalue weighted by atomic mass is 16.4. The predicted molar refractivity (Wildman–Crippen MR) is 99.0 cm³/mol. The highest BCUT2D eigenvalue weighted by Gasteiger charge is 2.48. The summed E-state index contributed by atoms with van der Waals surface area (Å²) in [6, 6.07) is 0. The molecule has 0 aromatic heterocycles. The van der Waals surface area contributed by atoms with E-state index in [9.17, 15) is 9.90 Å². The maximum absolute atomic E-state index is 11.3. The third-order valence-electron chi connectivity index (χ3n) is 8.04. The number of carboxylic acids is 1. The quantitative estimate of drug-likeness (QED) is 0.628. The Labute approximate surface area is 148 Å². The molecule has 0 heterocycles. The summed E-state index contributed by atoms with van der Waals surface area (Å²) in [6.45, 7) is 2.33. The summed E-state index contributed by atoms with van der Waals surface area (Å²) >= 11 is 0. The summed E-state index contributed by atoms with van der Waals surface area (Å²) < 4.78 is 0. The van der Waals surface area contributed by atoms with E-state index in [0.29, 0.717) is 5.41 Å². The number of carboxylic acid groups (broad SMARTS) is 1. The molecule has 3 rings (SSSR count). The lowest BCUT2D eigenvalue weighted by molar-refractivity contribution is -0.144. The zero-order valence-electron chi connectivity index (χ0n) is 15.8. The third kappa shape index (κ3) is 3.83. The molecule has 2 heteroatoms. The third-order valence-corrected chi connectivity index (χ3v) is 8.04. The first-order valence-electron chi connectivity index (χ1n) is 10.9. The van der Waals surface area contributed by atoms with Crippen LogP contribution in [0.2, 0.25) is 0 Å². The summed E-state index contributed by atoms with van der Waals surface area (Å²) in [5, 5.41) is 9.34. The molecule has 24 heavy (non-hydrogen) atoms. The van der Waals surface area contributed by atoms with Gasteiger partial charge in [0.15, 0.2) is 0 Å². The van der Waals surface area contributed by atoms with Gasteiger partial charge in [-0.15, -0.1) is 0 Å². The molecule has 2 nitrogen and oxygen atoms in total. The second kappa shape index (κ2) is 8.23. The molecule has 1 N–H and O–H groups in total. The molecule has 0 unspecified atom stereocenters. The van der Waals surface area contributed by atoms with E-state index in [-0.39, 0.29) is 5.92 Å². The van der Waals surface area contributed by atoms with Crippen molar-refractivity contribution in [1.82, 2.24) is 0 Å². The van der Waals surface area contributed by atoms with E-state index < -0.39 is 5.97 Å². The predicted octanol–water partition coefficient (Wildman–Crippen LogP) is 6.43. The van der Waals surface area contributed by atoms with E-state index in [1.165, 1.54) is 83.5 Å². The molecule has 138 valence electrons. The fourth-order valence-electron chi connectivity index (χ4n) is 6.65. The van der Waals surface area contributed by atoms with Gasteiger partial charge >= 0.3 is 5.97 Å². The van der Waals surface area contributed by atoms with Gasteiger partial charge in [-0.05, 0) is 87.4 Å². The summed E-state index contributed by atoms with van der Waals surface area (Å²) in [4.78, 5) is 11.3. The molecule has 0 radical (unpaired) electrons. The van der Waals surface area contributed by atoms with Crippen LogP contribution < -0.4 is 0 Å². The lowest BCUT2D eigenvalue weighted by Gasteiger charge is -2.53. The smallest absolute Gasteiger partial charge is 0.306 e. The maximum atomic E-state index is 11.3. The molecule has 0 aromatic carbocycles. The molecular formula is C22H38O2. The van der Waals surface area contributed by atoms with E-state index in [1.54, 1.807) is 0 Å². The molecule has 0 spiro atoms. The SMILES string of the molecule is CCCC1CCC(C2CCCCC2)(C2CCC(C(=O)O)CC2)CC1. The van der Waals surface area contributed by atoms with E-state index in [2.05, 4.69) is 6.92 Å².